The predicted octanol–water partition coefficient (Wildman–Crippen LogP) is 2.36. The van der Waals surface area contributed by atoms with Crippen molar-refractivity contribution in [1.82, 2.24) is 30.3 Å². The van der Waals surface area contributed by atoms with Gasteiger partial charge in [0.2, 0.25) is 0 Å². The van der Waals surface area contributed by atoms with E-state index in [2.05, 4.69) is 15.4 Å². The maximum absolute atomic E-state index is 13.8. The summed E-state index contributed by atoms with van der Waals surface area (Å²) in [5.74, 6) is -1.81. The van der Waals surface area contributed by atoms with Crippen LogP contribution in [0.15, 0.2) is 53.7 Å². The molecule has 0 aliphatic heterocycles. The highest BCUT2D eigenvalue weighted by Crippen LogP contribution is 2.14. The van der Waals surface area contributed by atoms with Crippen LogP contribution in [0.1, 0.15) is 42.5 Å². The molecule has 186 valence electrons. The van der Waals surface area contributed by atoms with E-state index in [1.165, 1.54) is 29.1 Å². The van der Waals surface area contributed by atoms with E-state index in [-0.39, 0.29) is 12.2 Å². The highest BCUT2D eigenvalue weighted by atomic mass is 32.2. The second-order valence-electron chi connectivity index (χ2n) is 8.49. The van der Waals surface area contributed by atoms with Crippen LogP contribution in [0.4, 0.5) is 9.18 Å². The van der Waals surface area contributed by atoms with Crippen molar-refractivity contribution in [3.8, 4) is 5.69 Å². The van der Waals surface area contributed by atoms with Gasteiger partial charge in [-0.2, -0.15) is 5.10 Å². The molecule has 11 nitrogen and oxygen atoms in total. The van der Waals surface area contributed by atoms with E-state index in [1.807, 2.05) is 10.3 Å². The Hall–Kier alpha value is -3.84. The Labute approximate surface area is 201 Å². The molecule has 0 aliphatic rings. The number of carbonyl (C=O) groups is 2. The molecule has 0 atom stereocenters. The molecule has 2 amide bonds. The van der Waals surface area contributed by atoms with Crippen LogP contribution in [0.5, 0.6) is 0 Å². The fourth-order valence-electron chi connectivity index (χ4n) is 2.88. The monoisotopic (exact) mass is 504 g/mol. The van der Waals surface area contributed by atoms with Gasteiger partial charge in [-0.15, -0.1) is 4.83 Å². The Morgan fingerprint density at radius 2 is 1.89 bits per heavy atom. The van der Waals surface area contributed by atoms with Crippen molar-refractivity contribution in [3.05, 3.63) is 71.6 Å². The van der Waals surface area contributed by atoms with Crippen molar-refractivity contribution in [1.29, 1.82) is 0 Å². The fourth-order valence-corrected chi connectivity index (χ4v) is 3.79. The first-order chi connectivity index (χ1) is 16.3. The number of hydrogen-bond donors (Lipinski definition) is 3. The van der Waals surface area contributed by atoms with Crippen LogP contribution >= 0.6 is 0 Å². The third-order valence-corrected chi connectivity index (χ3v) is 5.61. The van der Waals surface area contributed by atoms with Crippen LogP contribution in [0.2, 0.25) is 0 Å². The molecular formula is C22H25FN6O5S. The van der Waals surface area contributed by atoms with Gasteiger partial charge in [0.05, 0.1) is 11.9 Å². The number of nitrogens with zero attached hydrogens (tertiary/aromatic N) is 3. The second kappa shape index (κ2) is 10.2. The van der Waals surface area contributed by atoms with Gasteiger partial charge < -0.3 is 10.1 Å². The molecule has 3 aromatic rings. The first-order valence-electron chi connectivity index (χ1n) is 10.4. The van der Waals surface area contributed by atoms with Gasteiger partial charge in [-0.25, -0.2) is 27.3 Å². The molecule has 13 heteroatoms. The van der Waals surface area contributed by atoms with Gasteiger partial charge in [0, 0.05) is 24.0 Å². The van der Waals surface area contributed by atoms with E-state index in [0.717, 1.165) is 12.1 Å². The van der Waals surface area contributed by atoms with Crippen molar-refractivity contribution in [2.45, 2.75) is 44.7 Å². The Morgan fingerprint density at radius 1 is 1.17 bits per heavy atom. The summed E-state index contributed by atoms with van der Waals surface area (Å²) < 4.78 is 45.1. The number of pyridine rings is 1. The third-order valence-electron chi connectivity index (χ3n) is 4.33. The molecule has 0 radical (unpaired) electrons. The summed E-state index contributed by atoms with van der Waals surface area (Å²) in [6.07, 6.45) is 2.62. The molecule has 0 fully saturated rings. The van der Waals surface area contributed by atoms with Crippen LogP contribution < -0.4 is 15.6 Å². The van der Waals surface area contributed by atoms with E-state index >= 15 is 0 Å². The highest BCUT2D eigenvalue weighted by Gasteiger charge is 2.20. The number of alkyl carbamates (subject to hydrolysis) is 1. The topological polar surface area (TPSA) is 144 Å². The summed E-state index contributed by atoms with van der Waals surface area (Å²) in [6, 6.07) is 7.83. The quantitative estimate of drug-likeness (QED) is 0.419. The Morgan fingerprint density at radius 3 is 2.57 bits per heavy atom. The maximum atomic E-state index is 13.8. The summed E-state index contributed by atoms with van der Waals surface area (Å²) in [5.41, 5.74) is 2.93. The van der Waals surface area contributed by atoms with Crippen LogP contribution in [0, 0.1) is 12.7 Å². The van der Waals surface area contributed by atoms with Crippen LogP contribution in [-0.4, -0.2) is 40.8 Å². The number of hydrogen-bond acceptors (Lipinski definition) is 7. The van der Waals surface area contributed by atoms with Gasteiger partial charge in [-0.1, -0.05) is 12.1 Å². The second-order valence-corrected chi connectivity index (χ2v) is 10.1. The number of hydrazine groups is 1. The number of sulfonamides is 1. The molecule has 35 heavy (non-hydrogen) atoms. The summed E-state index contributed by atoms with van der Waals surface area (Å²) in [6.45, 7) is 7.10. The molecule has 0 unspecified atom stereocenters. The van der Waals surface area contributed by atoms with Crippen molar-refractivity contribution >= 4 is 22.0 Å². The minimum absolute atomic E-state index is 0.0971. The van der Waals surface area contributed by atoms with Gasteiger partial charge in [0.1, 0.15) is 22.0 Å². The lowest BCUT2D eigenvalue weighted by Crippen LogP contribution is -2.42. The SMILES string of the molecule is Cc1cc(-n2cc(CNC(=O)OC(C)(C)C)cn2)cc(C(=O)NNS(=O)(=O)c2ccccc2F)n1. The zero-order valence-electron chi connectivity index (χ0n) is 19.5. The molecule has 1 aromatic carbocycles. The van der Waals surface area contributed by atoms with E-state index in [4.69, 9.17) is 4.74 Å². The maximum Gasteiger partial charge on any atom is 0.407 e. The van der Waals surface area contributed by atoms with Crippen molar-refractivity contribution in [3.63, 3.8) is 0 Å². The first kappa shape index (κ1) is 25.8. The molecule has 0 saturated carbocycles. The van der Waals surface area contributed by atoms with Crippen molar-refractivity contribution < 1.29 is 27.1 Å². The van der Waals surface area contributed by atoms with Gasteiger partial charge in [-0.3, -0.25) is 10.2 Å². The van der Waals surface area contributed by atoms with E-state index < -0.39 is 38.3 Å². The normalized spacial score (nSPS) is 11.7. The molecule has 3 N–H and O–H groups in total. The number of rotatable bonds is 7. The van der Waals surface area contributed by atoms with Gasteiger partial charge in [-0.05, 0) is 52.0 Å². The third kappa shape index (κ3) is 7.07. The molecule has 0 aliphatic carbocycles. The number of halogens is 1. The molecule has 2 aromatic heterocycles. The van der Waals surface area contributed by atoms with Crippen LogP contribution in [0.25, 0.3) is 5.69 Å². The number of benzene rings is 1. The minimum Gasteiger partial charge on any atom is -0.444 e. The van der Waals surface area contributed by atoms with Crippen molar-refractivity contribution in [2.75, 3.05) is 0 Å². The summed E-state index contributed by atoms with van der Waals surface area (Å²) in [5, 5.41) is 6.85. The average molecular weight is 505 g/mol. The predicted molar refractivity (Wildman–Crippen MR) is 123 cm³/mol. The van der Waals surface area contributed by atoms with E-state index in [9.17, 15) is 22.4 Å². The fraction of sp³-hybridized carbons (Fsp3) is 0.273. The molecular weight excluding hydrogens is 479 g/mol. The van der Waals surface area contributed by atoms with Gasteiger partial charge >= 0.3 is 6.09 Å². The molecule has 0 spiro atoms. The lowest BCUT2D eigenvalue weighted by atomic mass is 10.2. The standard InChI is InChI=1S/C22H25FN6O5S/c1-14-9-16(29-13-15(12-25-29)11-24-21(31)34-22(2,3)4)10-18(26-14)20(30)27-28-35(32,33)19-8-6-5-7-17(19)23/h5-10,12-13,28H,11H2,1-4H3,(H,24,31)(H,27,30). The minimum atomic E-state index is -4.34. The summed E-state index contributed by atoms with van der Waals surface area (Å²) >= 11 is 0. The van der Waals surface area contributed by atoms with Gasteiger partial charge in [0.15, 0.2) is 0 Å². The van der Waals surface area contributed by atoms with Crippen molar-refractivity contribution in [2.24, 2.45) is 0 Å². The Kier molecular flexibility index (Phi) is 7.51. The van der Waals surface area contributed by atoms with Crippen LogP contribution in [0.3, 0.4) is 0 Å². The zero-order chi connectivity index (χ0) is 25.8. The average Bonchev–Trinajstić information content (AvgIpc) is 3.24. The smallest absolute Gasteiger partial charge is 0.407 e. The lowest BCUT2D eigenvalue weighted by molar-refractivity contribution is 0.0523. The molecule has 0 saturated heterocycles. The van der Waals surface area contributed by atoms with Crippen LogP contribution in [-0.2, 0) is 21.3 Å². The highest BCUT2D eigenvalue weighted by molar-refractivity contribution is 7.89. The zero-order valence-corrected chi connectivity index (χ0v) is 20.3. The summed E-state index contributed by atoms with van der Waals surface area (Å²) in [7, 11) is -4.34. The number of aromatic nitrogens is 3. The number of aryl methyl sites for hydroxylation is 1. The Bertz CT molecular complexity index is 1350. The Balaban J connectivity index is 1.69. The number of nitrogens with one attached hydrogen (secondary N) is 3. The van der Waals surface area contributed by atoms with E-state index in [0.29, 0.717) is 16.9 Å². The number of ether oxygens (including phenoxy) is 1. The van der Waals surface area contributed by atoms with Gasteiger partial charge in [0.25, 0.3) is 15.9 Å². The van der Waals surface area contributed by atoms with E-state index in [1.54, 1.807) is 40.0 Å². The lowest BCUT2D eigenvalue weighted by Gasteiger charge is -2.19. The molecule has 2 heterocycles. The first-order valence-corrected chi connectivity index (χ1v) is 11.9. The molecule has 0 bridgehead atoms. The summed E-state index contributed by atoms with van der Waals surface area (Å²) in [4.78, 5) is 29.8. The number of carbonyl (C=O) groups excluding carboxylic acids is 2. The number of amides is 2. The molecule has 3 rings (SSSR count). The largest absolute Gasteiger partial charge is 0.444 e.